The number of unbranched alkanes of at least 4 members (excludes halogenated alkanes) is 2. The predicted molar refractivity (Wildman–Crippen MR) is 61.8 cm³/mol. The third-order valence-corrected chi connectivity index (χ3v) is 2.39. The highest BCUT2D eigenvalue weighted by atomic mass is 16.3. The second-order valence-corrected chi connectivity index (χ2v) is 3.61. The van der Waals surface area contributed by atoms with Gasteiger partial charge in [0.2, 0.25) is 0 Å². The molecule has 0 aliphatic rings. The molecule has 0 saturated heterocycles. The predicted octanol–water partition coefficient (Wildman–Crippen LogP) is 3.73. The van der Waals surface area contributed by atoms with Crippen molar-refractivity contribution in [1.82, 2.24) is 4.98 Å². The average Bonchev–Trinajstić information content (AvgIpc) is 2.67. The SMILES string of the molecule is C=CCCCCc1nc2ccccc2o1. The molecule has 0 N–H and O–H groups in total. The molecule has 1 aromatic carbocycles. The molecule has 0 bridgehead atoms. The van der Waals surface area contributed by atoms with Crippen molar-refractivity contribution in [2.75, 3.05) is 0 Å². The second-order valence-electron chi connectivity index (χ2n) is 3.61. The summed E-state index contributed by atoms with van der Waals surface area (Å²) in [5.74, 6) is 0.847. The number of hydrogen-bond acceptors (Lipinski definition) is 2. The van der Waals surface area contributed by atoms with Crippen molar-refractivity contribution in [3.63, 3.8) is 0 Å². The Morgan fingerprint density at radius 1 is 1.27 bits per heavy atom. The standard InChI is InChI=1S/C13H15NO/c1-2-3-4-5-10-13-14-11-8-6-7-9-12(11)15-13/h2,6-9H,1,3-5,10H2. The smallest absolute Gasteiger partial charge is 0.195 e. The van der Waals surface area contributed by atoms with Gasteiger partial charge >= 0.3 is 0 Å². The zero-order chi connectivity index (χ0) is 10.5. The van der Waals surface area contributed by atoms with Crippen molar-refractivity contribution in [2.24, 2.45) is 0 Å². The zero-order valence-corrected chi connectivity index (χ0v) is 8.78. The van der Waals surface area contributed by atoms with Gasteiger partial charge in [0.25, 0.3) is 0 Å². The van der Waals surface area contributed by atoms with Crippen LogP contribution in [0.5, 0.6) is 0 Å². The lowest BCUT2D eigenvalue weighted by Gasteiger charge is -1.93. The van der Waals surface area contributed by atoms with Gasteiger partial charge in [0.05, 0.1) is 0 Å². The summed E-state index contributed by atoms with van der Waals surface area (Å²) in [6, 6.07) is 7.88. The maximum absolute atomic E-state index is 5.61. The van der Waals surface area contributed by atoms with Crippen molar-refractivity contribution in [3.05, 3.63) is 42.8 Å². The molecular formula is C13H15NO. The van der Waals surface area contributed by atoms with E-state index < -0.39 is 0 Å². The van der Waals surface area contributed by atoms with E-state index in [9.17, 15) is 0 Å². The number of aryl methyl sites for hydroxylation is 1. The van der Waals surface area contributed by atoms with Crippen LogP contribution in [-0.2, 0) is 6.42 Å². The molecule has 15 heavy (non-hydrogen) atoms. The number of allylic oxidation sites excluding steroid dienone is 1. The van der Waals surface area contributed by atoms with Gasteiger partial charge in [-0.1, -0.05) is 18.2 Å². The number of hydrogen-bond donors (Lipinski definition) is 0. The molecule has 0 radical (unpaired) electrons. The van der Waals surface area contributed by atoms with E-state index in [4.69, 9.17) is 4.42 Å². The van der Waals surface area contributed by atoms with Gasteiger partial charge in [-0.05, 0) is 31.4 Å². The minimum atomic E-state index is 0.847. The van der Waals surface area contributed by atoms with Gasteiger partial charge in [-0.25, -0.2) is 4.98 Å². The van der Waals surface area contributed by atoms with Crippen LogP contribution in [0.25, 0.3) is 11.1 Å². The third-order valence-electron chi connectivity index (χ3n) is 2.39. The quantitative estimate of drug-likeness (QED) is 0.544. The first kappa shape index (κ1) is 9.97. The van der Waals surface area contributed by atoms with Gasteiger partial charge in [0, 0.05) is 6.42 Å². The maximum atomic E-state index is 5.61. The molecule has 0 saturated carbocycles. The fraction of sp³-hybridized carbons (Fsp3) is 0.308. The van der Waals surface area contributed by atoms with Crippen LogP contribution in [0.15, 0.2) is 41.3 Å². The summed E-state index contributed by atoms with van der Waals surface area (Å²) in [5, 5.41) is 0. The molecule has 0 spiro atoms. The summed E-state index contributed by atoms with van der Waals surface area (Å²) in [7, 11) is 0. The fourth-order valence-electron chi connectivity index (χ4n) is 1.59. The molecule has 1 aromatic heterocycles. The maximum Gasteiger partial charge on any atom is 0.195 e. The van der Waals surface area contributed by atoms with Crippen molar-refractivity contribution in [3.8, 4) is 0 Å². The van der Waals surface area contributed by atoms with Gasteiger partial charge in [-0.2, -0.15) is 0 Å². The number of nitrogens with zero attached hydrogens (tertiary/aromatic N) is 1. The molecule has 2 rings (SSSR count). The van der Waals surface area contributed by atoms with Crippen LogP contribution in [-0.4, -0.2) is 4.98 Å². The van der Waals surface area contributed by atoms with Crippen LogP contribution in [0, 0.1) is 0 Å². The Kier molecular flexibility index (Phi) is 3.18. The average molecular weight is 201 g/mol. The highest BCUT2D eigenvalue weighted by Gasteiger charge is 2.03. The molecule has 0 atom stereocenters. The Bertz CT molecular complexity index is 411. The third kappa shape index (κ3) is 2.46. The summed E-state index contributed by atoms with van der Waals surface area (Å²) in [6.45, 7) is 3.70. The van der Waals surface area contributed by atoms with Gasteiger partial charge in [-0.3, -0.25) is 0 Å². The van der Waals surface area contributed by atoms with Gasteiger partial charge in [-0.15, -0.1) is 6.58 Å². The van der Waals surface area contributed by atoms with Crippen LogP contribution in [0.3, 0.4) is 0 Å². The molecule has 0 fully saturated rings. The number of para-hydroxylation sites is 2. The Morgan fingerprint density at radius 3 is 2.93 bits per heavy atom. The van der Waals surface area contributed by atoms with Gasteiger partial charge in [0.15, 0.2) is 11.5 Å². The van der Waals surface area contributed by atoms with E-state index in [1.807, 2.05) is 30.3 Å². The highest BCUT2D eigenvalue weighted by molar-refractivity contribution is 5.72. The summed E-state index contributed by atoms with van der Waals surface area (Å²) in [4.78, 5) is 4.42. The molecular weight excluding hydrogens is 186 g/mol. The van der Waals surface area contributed by atoms with E-state index in [0.717, 1.165) is 42.7 Å². The van der Waals surface area contributed by atoms with E-state index in [1.54, 1.807) is 0 Å². The Labute approximate surface area is 89.6 Å². The number of rotatable bonds is 5. The van der Waals surface area contributed by atoms with Crippen molar-refractivity contribution in [2.45, 2.75) is 25.7 Å². The summed E-state index contributed by atoms with van der Waals surface area (Å²) >= 11 is 0. The minimum Gasteiger partial charge on any atom is -0.441 e. The summed E-state index contributed by atoms with van der Waals surface area (Å²) in [5.41, 5.74) is 1.84. The number of benzene rings is 1. The Hall–Kier alpha value is -1.57. The topological polar surface area (TPSA) is 26.0 Å². The minimum absolute atomic E-state index is 0.847. The molecule has 0 amide bonds. The largest absolute Gasteiger partial charge is 0.441 e. The Balaban J connectivity index is 1.99. The fourth-order valence-corrected chi connectivity index (χ4v) is 1.59. The normalized spacial score (nSPS) is 10.7. The van der Waals surface area contributed by atoms with E-state index in [1.165, 1.54) is 0 Å². The van der Waals surface area contributed by atoms with Crippen LogP contribution in [0.2, 0.25) is 0 Å². The number of aromatic nitrogens is 1. The molecule has 0 unspecified atom stereocenters. The Morgan fingerprint density at radius 2 is 2.13 bits per heavy atom. The molecule has 0 aliphatic heterocycles. The van der Waals surface area contributed by atoms with Gasteiger partial charge in [0.1, 0.15) is 5.52 Å². The van der Waals surface area contributed by atoms with Gasteiger partial charge < -0.3 is 4.42 Å². The van der Waals surface area contributed by atoms with Crippen LogP contribution in [0.4, 0.5) is 0 Å². The first-order valence-corrected chi connectivity index (χ1v) is 5.35. The lowest BCUT2D eigenvalue weighted by Crippen LogP contribution is -1.84. The summed E-state index contributed by atoms with van der Waals surface area (Å²) < 4.78 is 5.61. The van der Waals surface area contributed by atoms with Crippen molar-refractivity contribution >= 4 is 11.1 Å². The van der Waals surface area contributed by atoms with Crippen LogP contribution >= 0.6 is 0 Å². The molecule has 78 valence electrons. The van der Waals surface area contributed by atoms with Crippen molar-refractivity contribution in [1.29, 1.82) is 0 Å². The molecule has 2 nitrogen and oxygen atoms in total. The van der Waals surface area contributed by atoms with E-state index in [0.29, 0.717) is 0 Å². The highest BCUT2D eigenvalue weighted by Crippen LogP contribution is 2.16. The monoisotopic (exact) mass is 201 g/mol. The van der Waals surface area contributed by atoms with Crippen LogP contribution < -0.4 is 0 Å². The number of fused-ring (bicyclic) bond motifs is 1. The van der Waals surface area contributed by atoms with Crippen LogP contribution in [0.1, 0.15) is 25.2 Å². The molecule has 2 aromatic rings. The first-order chi connectivity index (χ1) is 7.40. The molecule has 2 heteroatoms. The zero-order valence-electron chi connectivity index (χ0n) is 8.78. The second kappa shape index (κ2) is 4.78. The lowest BCUT2D eigenvalue weighted by molar-refractivity contribution is 0.515. The lowest BCUT2D eigenvalue weighted by atomic mass is 10.2. The van der Waals surface area contributed by atoms with Crippen molar-refractivity contribution < 1.29 is 4.42 Å². The number of oxazole rings is 1. The first-order valence-electron chi connectivity index (χ1n) is 5.35. The molecule has 1 heterocycles. The van der Waals surface area contributed by atoms with E-state index in [2.05, 4.69) is 11.6 Å². The van der Waals surface area contributed by atoms with E-state index >= 15 is 0 Å². The molecule has 0 aliphatic carbocycles. The summed E-state index contributed by atoms with van der Waals surface area (Å²) in [6.07, 6.45) is 6.20. The van der Waals surface area contributed by atoms with E-state index in [-0.39, 0.29) is 0 Å².